The van der Waals surface area contributed by atoms with Crippen molar-refractivity contribution in [2.24, 2.45) is 0 Å². The molecule has 1 aliphatic heterocycles. The summed E-state index contributed by atoms with van der Waals surface area (Å²) in [5.74, 6) is 0.199. The summed E-state index contributed by atoms with van der Waals surface area (Å²) in [6, 6.07) is 10.4. The average Bonchev–Trinajstić information content (AvgIpc) is 2.94. The molecule has 45 heavy (non-hydrogen) atoms. The molecule has 246 valence electrons. The first kappa shape index (κ1) is 34.6. The molecule has 0 bridgehead atoms. The van der Waals surface area contributed by atoms with E-state index in [2.05, 4.69) is 9.97 Å². The molecule has 1 aromatic heterocycles. The van der Waals surface area contributed by atoms with Gasteiger partial charge >= 0.3 is 12.4 Å². The van der Waals surface area contributed by atoms with Crippen LogP contribution in [0, 0.1) is 6.92 Å². The van der Waals surface area contributed by atoms with Crippen molar-refractivity contribution in [3.63, 3.8) is 0 Å². The summed E-state index contributed by atoms with van der Waals surface area (Å²) in [7, 11) is 0. The van der Waals surface area contributed by atoms with Crippen molar-refractivity contribution in [1.29, 1.82) is 0 Å². The Kier molecular flexibility index (Phi) is 10.5. The minimum absolute atomic E-state index is 0.133. The van der Waals surface area contributed by atoms with Crippen molar-refractivity contribution in [3.05, 3.63) is 88.7 Å². The van der Waals surface area contributed by atoms with Crippen molar-refractivity contribution in [1.82, 2.24) is 14.9 Å². The lowest BCUT2D eigenvalue weighted by molar-refractivity contribution is -0.264. The molecule has 0 aliphatic carbocycles. The van der Waals surface area contributed by atoms with Gasteiger partial charge in [0, 0.05) is 37.1 Å². The number of aryl methyl sites for hydroxylation is 1. The Bertz CT molecular complexity index is 1360. The minimum atomic E-state index is -4.97. The van der Waals surface area contributed by atoms with Crippen LogP contribution >= 0.6 is 0 Å². The molecule has 0 amide bonds. The lowest BCUT2D eigenvalue weighted by Crippen LogP contribution is -2.60. The molecular weight excluding hydrogens is 598 g/mol. The predicted octanol–water partition coefficient (Wildman–Crippen LogP) is 7.77. The van der Waals surface area contributed by atoms with Crippen LogP contribution in [0.4, 0.5) is 32.3 Å². The monoisotopic (exact) mass is 638 g/mol. The number of nitrogens with zero attached hydrogens (tertiary/aromatic N) is 4. The number of rotatable bonds is 9. The van der Waals surface area contributed by atoms with E-state index < -0.39 is 35.5 Å². The number of aliphatic hydroxyl groups excluding tert-OH is 1. The highest BCUT2D eigenvalue weighted by molar-refractivity contribution is 5.39. The van der Waals surface area contributed by atoms with Crippen LogP contribution in [0.25, 0.3) is 0 Å². The maximum atomic E-state index is 13.7. The van der Waals surface area contributed by atoms with Crippen LogP contribution in [-0.2, 0) is 30.1 Å². The topological polar surface area (TPSA) is 61.7 Å². The van der Waals surface area contributed by atoms with E-state index in [9.17, 15) is 31.4 Å². The number of likely N-dealkylation sites (tertiary alicyclic amines) is 1. The van der Waals surface area contributed by atoms with Crippen LogP contribution in [0.5, 0.6) is 0 Å². The minimum Gasteiger partial charge on any atom is -0.356 e. The van der Waals surface area contributed by atoms with Gasteiger partial charge in [0.2, 0.25) is 12.4 Å². The second kappa shape index (κ2) is 13.6. The molecule has 1 N–H and O–H groups in total. The van der Waals surface area contributed by atoms with Gasteiger partial charge in [0.05, 0.1) is 16.7 Å². The molecule has 0 radical (unpaired) electrons. The third kappa shape index (κ3) is 9.17. The largest absolute Gasteiger partial charge is 0.416 e. The van der Waals surface area contributed by atoms with Gasteiger partial charge in [-0.1, -0.05) is 37.3 Å². The van der Waals surface area contributed by atoms with Crippen LogP contribution in [0.3, 0.4) is 0 Å². The first-order valence-corrected chi connectivity index (χ1v) is 15.0. The molecule has 3 aromatic rings. The quantitative estimate of drug-likeness (QED) is 0.191. The van der Waals surface area contributed by atoms with Gasteiger partial charge in [-0.2, -0.15) is 26.3 Å². The first-order valence-electron chi connectivity index (χ1n) is 15.0. The standard InChI is InChI=1S/C33H40F6N4O2/c1-6-26-16-27(17-28(14-22-10-8-7-9-11-22)43(26)30(44)45-31(3,4)5)42(29-40-18-21(2)19-41-29)20-23-12-24(32(34,35)36)15-25(13-23)33(37,38)39/h7-13,15,18-19,26-28,30,44H,6,14,16-17,20H2,1-5H3/t26-,27+,28+,30?/m1/s1. The number of anilines is 1. The van der Waals surface area contributed by atoms with E-state index in [-0.39, 0.29) is 42.2 Å². The molecule has 2 aromatic carbocycles. The van der Waals surface area contributed by atoms with Crippen molar-refractivity contribution < 1.29 is 36.2 Å². The predicted molar refractivity (Wildman–Crippen MR) is 159 cm³/mol. The van der Waals surface area contributed by atoms with Gasteiger partial charge in [-0.15, -0.1) is 0 Å². The summed E-state index contributed by atoms with van der Waals surface area (Å²) in [5, 5.41) is 11.3. The van der Waals surface area contributed by atoms with Crippen molar-refractivity contribution in [2.45, 2.75) is 109 Å². The lowest BCUT2D eigenvalue weighted by Gasteiger charge is -2.50. The third-order valence-electron chi connectivity index (χ3n) is 7.90. The number of aromatic nitrogens is 2. The number of benzene rings is 2. The molecule has 0 spiro atoms. The summed E-state index contributed by atoms with van der Waals surface area (Å²) in [6.07, 6.45) is -6.04. The van der Waals surface area contributed by atoms with E-state index in [0.717, 1.165) is 23.3 Å². The summed E-state index contributed by atoms with van der Waals surface area (Å²) >= 11 is 0. The van der Waals surface area contributed by atoms with E-state index in [1.54, 1.807) is 24.2 Å². The van der Waals surface area contributed by atoms with Crippen LogP contribution in [0.15, 0.2) is 60.9 Å². The third-order valence-corrected chi connectivity index (χ3v) is 7.90. The average molecular weight is 639 g/mol. The molecule has 12 heteroatoms. The highest BCUT2D eigenvalue weighted by atomic mass is 19.4. The van der Waals surface area contributed by atoms with E-state index in [1.807, 2.05) is 62.9 Å². The van der Waals surface area contributed by atoms with Crippen LogP contribution < -0.4 is 4.90 Å². The lowest BCUT2D eigenvalue weighted by atomic mass is 9.86. The molecule has 0 saturated carbocycles. The zero-order valence-corrected chi connectivity index (χ0v) is 26.0. The number of hydrogen-bond acceptors (Lipinski definition) is 6. The van der Waals surface area contributed by atoms with Crippen molar-refractivity contribution >= 4 is 5.95 Å². The number of ether oxygens (including phenoxy) is 1. The summed E-state index contributed by atoms with van der Waals surface area (Å²) in [4.78, 5) is 12.5. The van der Waals surface area contributed by atoms with Gasteiger partial charge in [0.25, 0.3) is 0 Å². The van der Waals surface area contributed by atoms with Gasteiger partial charge in [0.1, 0.15) is 0 Å². The number of halogens is 6. The maximum absolute atomic E-state index is 13.7. The van der Waals surface area contributed by atoms with Gasteiger partial charge in [-0.05, 0) is 88.3 Å². The normalized spacial score (nSPS) is 20.7. The smallest absolute Gasteiger partial charge is 0.356 e. The zero-order chi connectivity index (χ0) is 33.2. The van der Waals surface area contributed by atoms with Gasteiger partial charge < -0.3 is 14.7 Å². The molecule has 4 rings (SSSR count). The molecule has 6 nitrogen and oxygen atoms in total. The number of aliphatic hydroxyl groups is 1. The molecule has 1 saturated heterocycles. The Labute approximate surface area is 260 Å². The van der Waals surface area contributed by atoms with E-state index >= 15 is 0 Å². The highest BCUT2D eigenvalue weighted by Gasteiger charge is 2.43. The Morgan fingerprint density at radius 1 is 0.889 bits per heavy atom. The Morgan fingerprint density at radius 3 is 1.96 bits per heavy atom. The fourth-order valence-electron chi connectivity index (χ4n) is 5.92. The number of hydrogen-bond donors (Lipinski definition) is 1. The maximum Gasteiger partial charge on any atom is 0.416 e. The van der Waals surface area contributed by atoms with Gasteiger partial charge in [0.15, 0.2) is 0 Å². The van der Waals surface area contributed by atoms with Crippen molar-refractivity contribution in [2.75, 3.05) is 4.90 Å². The molecule has 1 fully saturated rings. The molecule has 1 unspecified atom stereocenters. The molecular formula is C33H40F6N4O2. The van der Waals surface area contributed by atoms with Crippen LogP contribution in [0.2, 0.25) is 0 Å². The van der Waals surface area contributed by atoms with Gasteiger partial charge in [-0.25, -0.2) is 14.9 Å². The first-order chi connectivity index (χ1) is 20.9. The van der Waals surface area contributed by atoms with E-state index in [4.69, 9.17) is 4.74 Å². The second-order valence-corrected chi connectivity index (χ2v) is 12.6. The zero-order valence-electron chi connectivity index (χ0n) is 26.0. The Balaban J connectivity index is 1.78. The van der Waals surface area contributed by atoms with Gasteiger partial charge in [-0.3, -0.25) is 0 Å². The van der Waals surface area contributed by atoms with Crippen LogP contribution in [-0.4, -0.2) is 50.1 Å². The molecule has 2 heterocycles. The molecule has 1 aliphatic rings. The molecule has 4 atom stereocenters. The summed E-state index contributed by atoms with van der Waals surface area (Å²) < 4.78 is 88.4. The summed E-state index contributed by atoms with van der Waals surface area (Å²) in [6.45, 7) is 9.01. The Morgan fingerprint density at radius 2 is 1.44 bits per heavy atom. The fourth-order valence-corrected chi connectivity index (χ4v) is 5.92. The highest BCUT2D eigenvalue weighted by Crippen LogP contribution is 2.38. The number of alkyl halides is 6. The van der Waals surface area contributed by atoms with Crippen molar-refractivity contribution in [3.8, 4) is 0 Å². The fraction of sp³-hybridized carbons (Fsp3) is 0.515. The second-order valence-electron chi connectivity index (χ2n) is 12.6. The Hall–Kier alpha value is -3.22. The SMILES string of the molecule is CC[C@@H]1C[C@H](N(Cc2cc(C(F)(F)F)cc(C(F)(F)F)c2)c2ncc(C)cn2)C[C@H](Cc2ccccc2)N1C(O)OC(C)(C)C. The summed E-state index contributed by atoms with van der Waals surface area (Å²) in [5.41, 5.74) is -1.79. The number of piperidine rings is 1. The van der Waals surface area contributed by atoms with E-state index in [1.165, 1.54) is 0 Å². The van der Waals surface area contributed by atoms with E-state index in [0.29, 0.717) is 25.7 Å². The van der Waals surface area contributed by atoms with Crippen LogP contribution in [0.1, 0.15) is 74.8 Å².